The average molecular weight is 295 g/mol. The summed E-state index contributed by atoms with van der Waals surface area (Å²) in [7, 11) is 2.93. The molecule has 1 aromatic heterocycles. The van der Waals surface area contributed by atoms with Crippen LogP contribution in [0.25, 0.3) is 0 Å². The molecule has 7 heteroatoms. The van der Waals surface area contributed by atoms with E-state index in [1.54, 1.807) is 0 Å². The maximum absolute atomic E-state index is 12.6. The fourth-order valence-electron chi connectivity index (χ4n) is 2.22. The zero-order valence-corrected chi connectivity index (χ0v) is 12.8. The Bertz CT molecular complexity index is 507. The number of carbonyl (C=O) groups is 1. The molecule has 1 atom stereocenters. The highest BCUT2D eigenvalue weighted by Crippen LogP contribution is 2.21. The van der Waals surface area contributed by atoms with Crippen LogP contribution in [-0.4, -0.2) is 66.7 Å². The molecule has 7 nitrogen and oxygen atoms in total. The van der Waals surface area contributed by atoms with Gasteiger partial charge in [0, 0.05) is 19.1 Å². The number of morpholine rings is 1. The van der Waals surface area contributed by atoms with Gasteiger partial charge in [0.2, 0.25) is 17.5 Å². The van der Waals surface area contributed by atoms with E-state index < -0.39 is 6.10 Å². The molecule has 0 radical (unpaired) electrons. The molecule has 0 aromatic carbocycles. The van der Waals surface area contributed by atoms with Crippen LogP contribution in [0.3, 0.4) is 0 Å². The molecule has 1 aliphatic heterocycles. The molecule has 1 unspecified atom stereocenters. The molecular weight excluding hydrogens is 274 g/mol. The van der Waals surface area contributed by atoms with Crippen molar-refractivity contribution in [2.24, 2.45) is 0 Å². The fraction of sp³-hybridized carbons (Fsp3) is 0.643. The van der Waals surface area contributed by atoms with E-state index in [0.29, 0.717) is 25.1 Å². The average Bonchev–Trinajstić information content (AvgIpc) is 2.53. The van der Waals surface area contributed by atoms with Gasteiger partial charge in [-0.15, -0.1) is 0 Å². The van der Waals surface area contributed by atoms with E-state index in [9.17, 15) is 4.79 Å². The van der Waals surface area contributed by atoms with Crippen LogP contribution in [0.15, 0.2) is 6.20 Å². The van der Waals surface area contributed by atoms with E-state index in [1.807, 2.05) is 0 Å². The van der Waals surface area contributed by atoms with Crippen LogP contribution < -0.4 is 9.47 Å². The largest absolute Gasteiger partial charge is 0.480 e. The standard InChI is InChI=1S/C14H21N3O4/c1-9(2)17-5-6-21-10(8-17)13(18)12-14(20-4)16-11(19-3)7-15-12/h7,9-10H,5-6,8H2,1-4H3. The molecule has 21 heavy (non-hydrogen) atoms. The van der Waals surface area contributed by atoms with Gasteiger partial charge in [0.15, 0.2) is 5.69 Å². The topological polar surface area (TPSA) is 73.8 Å². The summed E-state index contributed by atoms with van der Waals surface area (Å²) in [6, 6.07) is 0.369. The zero-order valence-electron chi connectivity index (χ0n) is 12.8. The van der Waals surface area contributed by atoms with Crippen molar-refractivity contribution in [3.8, 4) is 11.8 Å². The minimum atomic E-state index is -0.544. The van der Waals surface area contributed by atoms with Gasteiger partial charge in [0.1, 0.15) is 6.10 Å². The van der Waals surface area contributed by atoms with Gasteiger partial charge in [0.25, 0.3) is 0 Å². The number of methoxy groups -OCH3 is 2. The Hall–Kier alpha value is -1.73. The van der Waals surface area contributed by atoms with Gasteiger partial charge in [-0.25, -0.2) is 4.98 Å². The minimum Gasteiger partial charge on any atom is -0.480 e. The molecule has 0 N–H and O–H groups in total. The predicted octanol–water partition coefficient (Wildman–Crippen LogP) is 0.786. The Balaban J connectivity index is 2.19. The number of hydrogen-bond acceptors (Lipinski definition) is 7. The van der Waals surface area contributed by atoms with Crippen LogP contribution in [0.4, 0.5) is 0 Å². The van der Waals surface area contributed by atoms with E-state index in [1.165, 1.54) is 20.4 Å². The Morgan fingerprint density at radius 3 is 2.81 bits per heavy atom. The first-order valence-electron chi connectivity index (χ1n) is 6.91. The molecule has 1 aromatic rings. The Morgan fingerprint density at radius 2 is 2.19 bits per heavy atom. The molecule has 2 rings (SSSR count). The number of nitrogens with zero attached hydrogens (tertiary/aromatic N) is 3. The van der Waals surface area contributed by atoms with Crippen LogP contribution in [0.1, 0.15) is 24.3 Å². The first kappa shape index (κ1) is 15.7. The van der Waals surface area contributed by atoms with Crippen molar-refractivity contribution in [1.82, 2.24) is 14.9 Å². The summed E-state index contributed by atoms with van der Waals surface area (Å²) in [5.41, 5.74) is 0.175. The van der Waals surface area contributed by atoms with E-state index in [2.05, 4.69) is 28.7 Å². The molecule has 0 amide bonds. The molecule has 0 aliphatic carbocycles. The van der Waals surface area contributed by atoms with Crippen LogP contribution in [0.2, 0.25) is 0 Å². The summed E-state index contributed by atoms with van der Waals surface area (Å²) in [5, 5.41) is 0. The Morgan fingerprint density at radius 1 is 1.43 bits per heavy atom. The van der Waals surface area contributed by atoms with Crippen LogP contribution in [0, 0.1) is 0 Å². The number of carbonyl (C=O) groups excluding carboxylic acids is 1. The van der Waals surface area contributed by atoms with Crippen molar-refractivity contribution in [2.75, 3.05) is 33.9 Å². The van der Waals surface area contributed by atoms with Gasteiger partial charge in [0.05, 0.1) is 27.0 Å². The third kappa shape index (κ3) is 3.48. The van der Waals surface area contributed by atoms with Crippen LogP contribution in [-0.2, 0) is 4.74 Å². The van der Waals surface area contributed by atoms with Gasteiger partial charge in [-0.1, -0.05) is 0 Å². The van der Waals surface area contributed by atoms with Crippen LogP contribution in [0.5, 0.6) is 11.8 Å². The zero-order chi connectivity index (χ0) is 15.4. The van der Waals surface area contributed by atoms with Gasteiger partial charge in [-0.05, 0) is 13.8 Å². The first-order valence-corrected chi connectivity index (χ1v) is 6.91. The summed E-state index contributed by atoms with van der Waals surface area (Å²) >= 11 is 0. The second-order valence-corrected chi connectivity index (χ2v) is 5.08. The van der Waals surface area contributed by atoms with Crippen molar-refractivity contribution in [3.05, 3.63) is 11.9 Å². The van der Waals surface area contributed by atoms with Crippen molar-refractivity contribution in [1.29, 1.82) is 0 Å². The molecule has 1 aliphatic rings. The smallest absolute Gasteiger partial charge is 0.246 e. The van der Waals surface area contributed by atoms with Gasteiger partial charge in [-0.3, -0.25) is 9.69 Å². The minimum absolute atomic E-state index is 0.157. The third-order valence-electron chi connectivity index (χ3n) is 3.47. The van der Waals surface area contributed by atoms with Crippen molar-refractivity contribution in [2.45, 2.75) is 26.0 Å². The second-order valence-electron chi connectivity index (χ2n) is 5.08. The normalized spacial score (nSPS) is 19.6. The van der Waals surface area contributed by atoms with E-state index in [4.69, 9.17) is 14.2 Å². The van der Waals surface area contributed by atoms with Crippen molar-refractivity contribution >= 4 is 5.78 Å². The number of aromatic nitrogens is 2. The maximum atomic E-state index is 12.6. The maximum Gasteiger partial charge on any atom is 0.246 e. The Kier molecular flexibility index (Phi) is 5.08. The number of Topliss-reactive ketones (excluding diaryl/α,β-unsaturated/α-hetero) is 1. The first-order chi connectivity index (χ1) is 10.1. The van der Waals surface area contributed by atoms with E-state index in [-0.39, 0.29) is 17.4 Å². The summed E-state index contributed by atoms with van der Waals surface area (Å²) in [6.45, 7) is 6.10. The lowest BCUT2D eigenvalue weighted by molar-refractivity contribution is -0.0259. The lowest BCUT2D eigenvalue weighted by Gasteiger charge is -2.34. The quantitative estimate of drug-likeness (QED) is 0.743. The lowest BCUT2D eigenvalue weighted by atomic mass is 10.1. The van der Waals surface area contributed by atoms with Gasteiger partial charge < -0.3 is 14.2 Å². The lowest BCUT2D eigenvalue weighted by Crippen LogP contribution is -2.48. The van der Waals surface area contributed by atoms with E-state index >= 15 is 0 Å². The highest BCUT2D eigenvalue weighted by molar-refractivity contribution is 5.99. The Labute approximate surface area is 124 Å². The summed E-state index contributed by atoms with van der Waals surface area (Å²) in [6.07, 6.45) is 0.858. The molecule has 2 heterocycles. The molecular formula is C14H21N3O4. The molecule has 0 spiro atoms. The van der Waals surface area contributed by atoms with Crippen LogP contribution >= 0.6 is 0 Å². The van der Waals surface area contributed by atoms with E-state index in [0.717, 1.165) is 6.54 Å². The fourth-order valence-corrected chi connectivity index (χ4v) is 2.22. The highest BCUT2D eigenvalue weighted by atomic mass is 16.5. The number of ketones is 1. The summed E-state index contributed by atoms with van der Waals surface area (Å²) in [4.78, 5) is 23.0. The highest BCUT2D eigenvalue weighted by Gasteiger charge is 2.31. The predicted molar refractivity (Wildman–Crippen MR) is 75.9 cm³/mol. The SMILES string of the molecule is COc1cnc(C(=O)C2CN(C(C)C)CCO2)c(OC)n1. The van der Waals surface area contributed by atoms with Gasteiger partial charge >= 0.3 is 0 Å². The molecule has 1 saturated heterocycles. The summed E-state index contributed by atoms with van der Waals surface area (Å²) in [5.74, 6) is 0.244. The number of hydrogen-bond donors (Lipinski definition) is 0. The van der Waals surface area contributed by atoms with Crippen molar-refractivity contribution in [3.63, 3.8) is 0 Å². The molecule has 116 valence electrons. The third-order valence-corrected chi connectivity index (χ3v) is 3.47. The number of ether oxygens (including phenoxy) is 3. The number of rotatable bonds is 5. The summed E-state index contributed by atoms with van der Waals surface area (Å²) < 4.78 is 15.7. The second kappa shape index (κ2) is 6.82. The van der Waals surface area contributed by atoms with Crippen molar-refractivity contribution < 1.29 is 19.0 Å². The van der Waals surface area contributed by atoms with Gasteiger partial charge in [-0.2, -0.15) is 4.98 Å². The molecule has 0 saturated carbocycles. The molecule has 0 bridgehead atoms. The monoisotopic (exact) mass is 295 g/mol. The molecule has 1 fully saturated rings.